The lowest BCUT2D eigenvalue weighted by molar-refractivity contribution is -0.119. The lowest BCUT2D eigenvalue weighted by Gasteiger charge is -2.20. The molecule has 1 unspecified atom stereocenters. The topological polar surface area (TPSA) is 97.0 Å². The highest BCUT2D eigenvalue weighted by Gasteiger charge is 2.35. The molecule has 27 heavy (non-hydrogen) atoms. The number of rotatable bonds is 6. The van der Waals surface area contributed by atoms with Gasteiger partial charge in [-0.3, -0.25) is 14.6 Å². The van der Waals surface area contributed by atoms with Gasteiger partial charge < -0.3 is 15.8 Å². The van der Waals surface area contributed by atoms with E-state index in [1.807, 2.05) is 6.92 Å². The summed E-state index contributed by atoms with van der Waals surface area (Å²) >= 11 is 0. The maximum Gasteiger partial charge on any atom is 0.271 e. The molecule has 0 fully saturated rings. The number of primary amides is 1. The molecule has 0 aliphatic carbocycles. The van der Waals surface area contributed by atoms with Crippen molar-refractivity contribution in [2.75, 3.05) is 16.9 Å². The molecular formula is C19H19FN4O3. The van der Waals surface area contributed by atoms with Crippen LogP contribution in [-0.2, 0) is 9.59 Å². The lowest BCUT2D eigenvalue weighted by atomic mass is 10.1. The molecule has 7 nitrogen and oxygen atoms in total. The van der Waals surface area contributed by atoms with E-state index in [0.717, 1.165) is 0 Å². The second-order valence-electron chi connectivity index (χ2n) is 5.90. The molecule has 1 aliphatic rings. The summed E-state index contributed by atoms with van der Waals surface area (Å²) in [5.41, 5.74) is 6.65. The maximum absolute atomic E-state index is 13.1. The molecule has 140 valence electrons. The van der Waals surface area contributed by atoms with Crippen LogP contribution in [0.15, 0.2) is 53.6 Å². The van der Waals surface area contributed by atoms with E-state index < -0.39 is 23.7 Å². The quantitative estimate of drug-likeness (QED) is 0.815. The van der Waals surface area contributed by atoms with Gasteiger partial charge in [0, 0.05) is 12.1 Å². The average molecular weight is 370 g/mol. The van der Waals surface area contributed by atoms with Gasteiger partial charge in [-0.1, -0.05) is 0 Å². The zero-order valence-electron chi connectivity index (χ0n) is 14.7. The summed E-state index contributed by atoms with van der Waals surface area (Å²) in [5, 5.41) is 8.30. The molecule has 8 heteroatoms. The van der Waals surface area contributed by atoms with Crippen molar-refractivity contribution < 1.29 is 18.7 Å². The monoisotopic (exact) mass is 370 g/mol. The van der Waals surface area contributed by atoms with Gasteiger partial charge in [-0.25, -0.2) is 4.39 Å². The number of nitrogens with one attached hydrogen (secondary N) is 1. The van der Waals surface area contributed by atoms with E-state index in [4.69, 9.17) is 10.5 Å². The van der Waals surface area contributed by atoms with Gasteiger partial charge in [-0.2, -0.15) is 5.10 Å². The first kappa shape index (κ1) is 18.4. The van der Waals surface area contributed by atoms with Gasteiger partial charge in [0.1, 0.15) is 23.3 Å². The van der Waals surface area contributed by atoms with Gasteiger partial charge in [-0.05, 0) is 55.5 Å². The molecule has 3 N–H and O–H groups in total. The lowest BCUT2D eigenvalue weighted by Crippen LogP contribution is -2.39. The predicted octanol–water partition coefficient (Wildman–Crippen LogP) is 2.28. The van der Waals surface area contributed by atoms with Crippen molar-refractivity contribution in [2.24, 2.45) is 10.8 Å². The van der Waals surface area contributed by atoms with Gasteiger partial charge in [0.2, 0.25) is 5.91 Å². The van der Waals surface area contributed by atoms with Crippen molar-refractivity contribution in [1.82, 2.24) is 0 Å². The third-order valence-electron chi connectivity index (χ3n) is 4.02. The normalized spacial score (nSPS) is 16.0. The first-order valence-electron chi connectivity index (χ1n) is 8.43. The third kappa shape index (κ3) is 4.22. The molecule has 2 aromatic rings. The van der Waals surface area contributed by atoms with E-state index in [-0.39, 0.29) is 12.1 Å². The Bertz CT molecular complexity index is 866. The number of carbonyl (C=O) groups excluding carboxylic acids is 2. The Hall–Kier alpha value is -3.42. The number of hydrazone groups is 1. The van der Waals surface area contributed by atoms with Crippen LogP contribution < -0.4 is 20.8 Å². The molecule has 0 spiro atoms. The number of amides is 2. The molecule has 1 atom stereocenters. The summed E-state index contributed by atoms with van der Waals surface area (Å²) in [6.07, 6.45) is 0.0651. The fourth-order valence-corrected chi connectivity index (χ4v) is 2.71. The molecule has 1 heterocycles. The second-order valence-corrected chi connectivity index (χ2v) is 5.90. The first-order chi connectivity index (χ1) is 13.0. The first-order valence-corrected chi connectivity index (χ1v) is 8.43. The van der Waals surface area contributed by atoms with E-state index >= 15 is 0 Å². The van der Waals surface area contributed by atoms with E-state index in [0.29, 0.717) is 23.7 Å². The Kier molecular flexibility index (Phi) is 5.35. The molecule has 0 radical (unpaired) electrons. The SMILES string of the molecule is CCOc1ccc(NC(=O)C2=NN(c3ccc(F)cc3)C(C(N)=O)C2)cc1. The third-order valence-corrected chi connectivity index (χ3v) is 4.02. The molecule has 1 aliphatic heterocycles. The van der Waals surface area contributed by atoms with E-state index in [9.17, 15) is 14.0 Å². The Balaban J connectivity index is 1.76. The van der Waals surface area contributed by atoms with Gasteiger partial charge in [-0.15, -0.1) is 0 Å². The highest BCUT2D eigenvalue weighted by molar-refractivity contribution is 6.44. The van der Waals surface area contributed by atoms with Crippen LogP contribution in [0.2, 0.25) is 0 Å². The number of hydrogen-bond donors (Lipinski definition) is 2. The molecular weight excluding hydrogens is 351 g/mol. The van der Waals surface area contributed by atoms with Crippen molar-refractivity contribution in [3.05, 3.63) is 54.3 Å². The van der Waals surface area contributed by atoms with Gasteiger partial charge in [0.05, 0.1) is 12.3 Å². The number of halogens is 1. The van der Waals surface area contributed by atoms with Crippen molar-refractivity contribution in [3.8, 4) is 5.75 Å². The van der Waals surface area contributed by atoms with Crippen molar-refractivity contribution in [1.29, 1.82) is 0 Å². The summed E-state index contributed by atoms with van der Waals surface area (Å²) in [5.74, 6) is -0.766. The summed E-state index contributed by atoms with van der Waals surface area (Å²) in [6.45, 7) is 2.44. The van der Waals surface area contributed by atoms with Gasteiger partial charge in [0.25, 0.3) is 5.91 Å². The zero-order valence-corrected chi connectivity index (χ0v) is 14.7. The number of carbonyl (C=O) groups is 2. The molecule has 0 bridgehead atoms. The smallest absolute Gasteiger partial charge is 0.271 e. The minimum atomic E-state index is -0.809. The summed E-state index contributed by atoms with van der Waals surface area (Å²) in [7, 11) is 0. The van der Waals surface area contributed by atoms with Crippen LogP contribution in [0.5, 0.6) is 5.75 Å². The molecule has 0 saturated carbocycles. The van der Waals surface area contributed by atoms with Crippen LogP contribution in [0, 0.1) is 5.82 Å². The number of benzene rings is 2. The second kappa shape index (κ2) is 7.86. The van der Waals surface area contributed by atoms with Gasteiger partial charge in [0.15, 0.2) is 0 Å². The predicted molar refractivity (Wildman–Crippen MR) is 100 cm³/mol. The Morgan fingerprint density at radius 2 is 1.89 bits per heavy atom. The fourth-order valence-electron chi connectivity index (χ4n) is 2.71. The molecule has 0 aromatic heterocycles. The molecule has 2 amide bonds. The largest absolute Gasteiger partial charge is 0.494 e. The highest BCUT2D eigenvalue weighted by Crippen LogP contribution is 2.25. The average Bonchev–Trinajstić information content (AvgIpc) is 3.10. The number of nitrogens with zero attached hydrogens (tertiary/aromatic N) is 2. The highest BCUT2D eigenvalue weighted by atomic mass is 19.1. The zero-order chi connectivity index (χ0) is 19.4. The van der Waals surface area contributed by atoms with Crippen LogP contribution in [-0.4, -0.2) is 30.2 Å². The van der Waals surface area contributed by atoms with Crippen LogP contribution in [0.4, 0.5) is 15.8 Å². The van der Waals surface area contributed by atoms with E-state index in [1.54, 1.807) is 24.3 Å². The number of hydrogen-bond acceptors (Lipinski definition) is 5. The Morgan fingerprint density at radius 1 is 1.22 bits per heavy atom. The fraction of sp³-hybridized carbons (Fsp3) is 0.211. The summed E-state index contributed by atoms with van der Waals surface area (Å²) in [6, 6.07) is 11.5. The van der Waals surface area contributed by atoms with Crippen molar-refractivity contribution in [2.45, 2.75) is 19.4 Å². The van der Waals surface area contributed by atoms with Crippen LogP contribution in [0.1, 0.15) is 13.3 Å². The van der Waals surface area contributed by atoms with Crippen LogP contribution in [0.3, 0.4) is 0 Å². The van der Waals surface area contributed by atoms with Crippen LogP contribution >= 0.6 is 0 Å². The summed E-state index contributed by atoms with van der Waals surface area (Å²) in [4.78, 5) is 24.3. The standard InChI is InChI=1S/C19H19FN4O3/c1-2-27-15-9-5-13(6-10-15)22-19(26)16-11-17(18(21)25)24(23-16)14-7-3-12(20)4-8-14/h3-10,17H,2,11H2,1H3,(H2,21,25)(H,22,26). The Morgan fingerprint density at radius 3 is 2.48 bits per heavy atom. The minimum Gasteiger partial charge on any atom is -0.494 e. The van der Waals surface area contributed by atoms with Crippen molar-refractivity contribution in [3.63, 3.8) is 0 Å². The summed E-state index contributed by atoms with van der Waals surface area (Å²) < 4.78 is 18.5. The van der Waals surface area contributed by atoms with E-state index in [2.05, 4.69) is 10.4 Å². The molecule has 3 rings (SSSR count). The molecule has 0 saturated heterocycles. The number of anilines is 2. The number of nitrogens with two attached hydrogens (primary N) is 1. The molecule has 2 aromatic carbocycles. The van der Waals surface area contributed by atoms with Crippen LogP contribution in [0.25, 0.3) is 0 Å². The Labute approximate surface area is 155 Å². The number of ether oxygens (including phenoxy) is 1. The van der Waals surface area contributed by atoms with Gasteiger partial charge >= 0.3 is 0 Å². The maximum atomic E-state index is 13.1. The minimum absolute atomic E-state index is 0.0651. The van der Waals surface area contributed by atoms with E-state index in [1.165, 1.54) is 29.3 Å². The van der Waals surface area contributed by atoms with Crippen molar-refractivity contribution >= 4 is 28.9 Å².